The van der Waals surface area contributed by atoms with E-state index in [-0.39, 0.29) is 62.8 Å². The van der Waals surface area contributed by atoms with Crippen molar-refractivity contribution in [3.63, 3.8) is 0 Å². The number of nitrogens with zero attached hydrogens (tertiary/aromatic N) is 2. The summed E-state index contributed by atoms with van der Waals surface area (Å²) in [7, 11) is 0. The number of aryl methyl sites for hydroxylation is 1. The molecule has 1 unspecified atom stereocenters. The lowest BCUT2D eigenvalue weighted by atomic mass is 10.1. The van der Waals surface area contributed by atoms with Crippen LogP contribution in [-0.4, -0.2) is 41.1 Å². The fourth-order valence-electron chi connectivity index (χ4n) is 3.74. The number of aromatic nitrogens is 2. The molecule has 1 saturated heterocycles. The number of hydrogen-bond acceptors (Lipinski definition) is 6. The minimum absolute atomic E-state index is 0. The van der Waals surface area contributed by atoms with Crippen molar-refractivity contribution in [2.45, 2.75) is 64.6 Å². The lowest BCUT2D eigenvalue weighted by Crippen LogP contribution is -2.44. The molecule has 2 fully saturated rings. The lowest BCUT2D eigenvalue weighted by Gasteiger charge is -2.22. The number of rotatable bonds is 9. The van der Waals surface area contributed by atoms with Crippen LogP contribution in [0.25, 0.3) is 0 Å². The van der Waals surface area contributed by atoms with Crippen molar-refractivity contribution in [1.29, 1.82) is 0 Å². The van der Waals surface area contributed by atoms with E-state index in [0.29, 0.717) is 0 Å². The molecule has 2 aromatic rings. The van der Waals surface area contributed by atoms with E-state index in [1.807, 2.05) is 0 Å². The molecule has 1 atom stereocenters. The van der Waals surface area contributed by atoms with Gasteiger partial charge in [-0.1, -0.05) is 25.6 Å². The van der Waals surface area contributed by atoms with Gasteiger partial charge in [-0.15, -0.1) is 0 Å². The van der Waals surface area contributed by atoms with Crippen LogP contribution < -0.4 is 10.6 Å². The second-order valence-corrected chi connectivity index (χ2v) is 8.28. The molecule has 0 bridgehead atoms. The Morgan fingerprint density at radius 2 is 1.81 bits per heavy atom. The number of ether oxygens (including phenoxy) is 2. The topological polar surface area (TPSA) is 85.4 Å². The average molecular weight is 520 g/mol. The van der Waals surface area contributed by atoms with E-state index < -0.39 is 53.8 Å². The molecule has 1 amide bonds. The standard InChI is InChI=1S/C22H22F6N4O3.CH4/c1-10-30-16(15(24)19(33)32-22(5-6-22)21(27)28)13(20-34-7-8-35-20)18(31-10)29-9-11-3-2-4-12(14(11)23)17(25)26;/h2-4,15,17,20-21H,5-9H2,1H3,(H,32,33)(H,29,30,31);1H4. The molecule has 1 aromatic carbocycles. The summed E-state index contributed by atoms with van der Waals surface area (Å²) in [5.74, 6) is -2.48. The van der Waals surface area contributed by atoms with Crippen molar-refractivity contribution in [2.75, 3.05) is 18.5 Å². The number of halogens is 6. The highest BCUT2D eigenvalue weighted by molar-refractivity contribution is 5.83. The summed E-state index contributed by atoms with van der Waals surface area (Å²) < 4.78 is 93.3. The molecular formula is C23H26F6N4O3. The van der Waals surface area contributed by atoms with Crippen LogP contribution in [0, 0.1) is 12.7 Å². The highest BCUT2D eigenvalue weighted by atomic mass is 19.3. The Morgan fingerprint density at radius 1 is 1.14 bits per heavy atom. The highest BCUT2D eigenvalue weighted by Gasteiger charge is 2.53. The lowest BCUT2D eigenvalue weighted by molar-refractivity contribution is -0.128. The molecule has 198 valence electrons. The molecule has 0 radical (unpaired) electrons. The van der Waals surface area contributed by atoms with Crippen LogP contribution in [0.3, 0.4) is 0 Å². The van der Waals surface area contributed by atoms with Gasteiger partial charge in [-0.3, -0.25) is 4.79 Å². The van der Waals surface area contributed by atoms with E-state index in [1.165, 1.54) is 19.1 Å². The summed E-state index contributed by atoms with van der Waals surface area (Å²) in [6.45, 7) is 1.36. The van der Waals surface area contributed by atoms with Crippen LogP contribution in [0.15, 0.2) is 18.2 Å². The molecule has 0 spiro atoms. The van der Waals surface area contributed by atoms with E-state index >= 15 is 4.39 Å². The van der Waals surface area contributed by atoms with Crippen LogP contribution in [0.2, 0.25) is 0 Å². The molecule has 13 heteroatoms. The summed E-state index contributed by atoms with van der Waals surface area (Å²) in [5.41, 5.74) is -3.22. The largest absolute Gasteiger partial charge is 0.365 e. The number of nitrogens with one attached hydrogen (secondary N) is 2. The first kappa shape index (κ1) is 27.7. The molecule has 1 aliphatic carbocycles. The Balaban J connectivity index is 0.00000361. The van der Waals surface area contributed by atoms with Gasteiger partial charge in [-0.25, -0.2) is 36.3 Å². The second-order valence-electron chi connectivity index (χ2n) is 8.28. The van der Waals surface area contributed by atoms with Crippen LogP contribution in [0.4, 0.5) is 32.2 Å². The van der Waals surface area contributed by atoms with Crippen molar-refractivity contribution in [2.24, 2.45) is 0 Å². The molecule has 1 saturated carbocycles. The normalized spacial score (nSPS) is 17.7. The molecule has 2 heterocycles. The van der Waals surface area contributed by atoms with Gasteiger partial charge < -0.3 is 20.1 Å². The molecule has 2 aliphatic rings. The van der Waals surface area contributed by atoms with Gasteiger partial charge in [0.2, 0.25) is 6.17 Å². The zero-order chi connectivity index (χ0) is 25.3. The second kappa shape index (κ2) is 11.0. The van der Waals surface area contributed by atoms with Gasteiger partial charge in [0.25, 0.3) is 18.8 Å². The SMILES string of the molecule is C.Cc1nc(NCc2cccc(C(F)F)c2F)c(C2OCCO2)c(C(F)C(=O)NC2(C(F)F)CC2)n1. The number of benzene rings is 1. The number of amides is 1. The maximum atomic E-state index is 15.4. The third-order valence-electron chi connectivity index (χ3n) is 5.78. The van der Waals surface area contributed by atoms with Crippen LogP contribution in [-0.2, 0) is 20.8 Å². The molecule has 36 heavy (non-hydrogen) atoms. The van der Waals surface area contributed by atoms with Gasteiger partial charge >= 0.3 is 0 Å². The van der Waals surface area contributed by atoms with Gasteiger partial charge in [0, 0.05) is 12.1 Å². The predicted molar refractivity (Wildman–Crippen MR) is 117 cm³/mol. The Bertz CT molecular complexity index is 1090. The first-order chi connectivity index (χ1) is 16.6. The minimum atomic E-state index is -3.02. The molecule has 2 N–H and O–H groups in total. The average Bonchev–Trinajstić information content (AvgIpc) is 3.40. The Morgan fingerprint density at radius 3 is 2.39 bits per heavy atom. The monoisotopic (exact) mass is 520 g/mol. The van der Waals surface area contributed by atoms with E-state index in [9.17, 15) is 26.7 Å². The van der Waals surface area contributed by atoms with Crippen molar-refractivity contribution in [1.82, 2.24) is 15.3 Å². The van der Waals surface area contributed by atoms with Crippen molar-refractivity contribution in [3.8, 4) is 0 Å². The van der Waals surface area contributed by atoms with Gasteiger partial charge in [0.05, 0.1) is 30.0 Å². The van der Waals surface area contributed by atoms with Crippen LogP contribution >= 0.6 is 0 Å². The smallest absolute Gasteiger partial charge is 0.266 e. The Labute approximate surface area is 203 Å². The van der Waals surface area contributed by atoms with Crippen molar-refractivity contribution < 1.29 is 40.6 Å². The third kappa shape index (κ3) is 5.56. The fourth-order valence-corrected chi connectivity index (χ4v) is 3.74. The van der Waals surface area contributed by atoms with Crippen LogP contribution in [0.5, 0.6) is 0 Å². The van der Waals surface area contributed by atoms with E-state index in [2.05, 4.69) is 20.6 Å². The maximum Gasteiger partial charge on any atom is 0.266 e. The summed E-state index contributed by atoms with van der Waals surface area (Å²) in [5, 5.41) is 4.81. The zero-order valence-electron chi connectivity index (χ0n) is 18.5. The van der Waals surface area contributed by atoms with Gasteiger partial charge in [0.15, 0.2) is 6.29 Å². The summed E-state index contributed by atoms with van der Waals surface area (Å²) in [6.07, 6.45) is -9.50. The number of alkyl halides is 5. The van der Waals surface area contributed by atoms with Crippen molar-refractivity contribution >= 4 is 11.7 Å². The Hall–Kier alpha value is -2.93. The zero-order valence-corrected chi connectivity index (χ0v) is 18.5. The van der Waals surface area contributed by atoms with Crippen molar-refractivity contribution in [3.05, 3.63) is 52.2 Å². The number of carbonyl (C=O) groups excluding carboxylic acids is 1. The number of carbonyl (C=O) groups is 1. The molecule has 1 aliphatic heterocycles. The van der Waals surface area contributed by atoms with Gasteiger partial charge in [-0.2, -0.15) is 0 Å². The Kier molecular flexibility index (Phi) is 8.44. The predicted octanol–water partition coefficient (Wildman–Crippen LogP) is 5.08. The summed E-state index contributed by atoms with van der Waals surface area (Å²) in [6, 6.07) is 3.51. The minimum Gasteiger partial charge on any atom is -0.365 e. The van der Waals surface area contributed by atoms with E-state index in [4.69, 9.17) is 9.47 Å². The maximum absolute atomic E-state index is 15.4. The quantitative estimate of drug-likeness (QED) is 0.449. The third-order valence-corrected chi connectivity index (χ3v) is 5.78. The van der Waals surface area contributed by atoms with Crippen LogP contribution in [0.1, 0.15) is 67.4 Å². The van der Waals surface area contributed by atoms with E-state index in [0.717, 1.165) is 6.07 Å². The number of anilines is 1. The number of hydrogen-bond donors (Lipinski definition) is 2. The molecular weight excluding hydrogens is 494 g/mol. The molecule has 4 rings (SSSR count). The highest BCUT2D eigenvalue weighted by Crippen LogP contribution is 2.42. The van der Waals surface area contributed by atoms with Gasteiger partial charge in [-0.05, 0) is 19.8 Å². The van der Waals surface area contributed by atoms with Gasteiger partial charge in [0.1, 0.15) is 23.0 Å². The van der Waals surface area contributed by atoms with E-state index in [1.54, 1.807) is 0 Å². The fraction of sp³-hybridized carbons (Fsp3) is 0.522. The molecule has 1 aromatic heterocycles. The first-order valence-corrected chi connectivity index (χ1v) is 10.8. The molecule has 7 nitrogen and oxygen atoms in total. The summed E-state index contributed by atoms with van der Waals surface area (Å²) in [4.78, 5) is 20.7. The first-order valence-electron chi connectivity index (χ1n) is 10.8. The summed E-state index contributed by atoms with van der Waals surface area (Å²) >= 11 is 0.